The van der Waals surface area contributed by atoms with Crippen molar-refractivity contribution in [3.63, 3.8) is 0 Å². The first kappa shape index (κ1) is 14.2. The van der Waals surface area contributed by atoms with Crippen LogP contribution in [0.5, 0.6) is 0 Å². The van der Waals surface area contributed by atoms with Gasteiger partial charge in [-0.05, 0) is 31.2 Å². The Labute approximate surface area is 146 Å². The Bertz CT molecular complexity index is 1220. The van der Waals surface area contributed by atoms with Crippen LogP contribution < -0.4 is 0 Å². The minimum atomic E-state index is 0.845. The van der Waals surface area contributed by atoms with E-state index in [-0.39, 0.29) is 0 Å². The van der Waals surface area contributed by atoms with Gasteiger partial charge in [-0.3, -0.25) is 4.98 Å². The summed E-state index contributed by atoms with van der Waals surface area (Å²) in [4.78, 5) is 18.7. The fraction of sp³-hybridized carbons (Fsp3) is 0.0556. The minimum Gasteiger partial charge on any atom is -0.251 e. The van der Waals surface area contributed by atoms with E-state index in [9.17, 15) is 0 Å². The summed E-state index contributed by atoms with van der Waals surface area (Å²) in [6.45, 7) is 1.98. The van der Waals surface area contributed by atoms with Crippen molar-refractivity contribution >= 4 is 27.2 Å². The second kappa shape index (κ2) is 5.42. The maximum Gasteiger partial charge on any atom is 0.213 e. The zero-order valence-corrected chi connectivity index (χ0v) is 14.1. The van der Waals surface area contributed by atoms with Crippen molar-refractivity contribution in [1.29, 1.82) is 0 Å². The van der Waals surface area contributed by atoms with Crippen LogP contribution in [0.3, 0.4) is 0 Å². The van der Waals surface area contributed by atoms with E-state index in [1.807, 2.05) is 48.0 Å². The second-order valence-corrected chi connectivity index (χ2v) is 6.51. The molecule has 120 valence electrons. The van der Waals surface area contributed by atoms with Gasteiger partial charge in [-0.15, -0.1) is 0 Å². The second-order valence-electron chi connectivity index (χ2n) is 5.70. The van der Waals surface area contributed by atoms with Crippen molar-refractivity contribution in [2.45, 2.75) is 6.92 Å². The van der Waals surface area contributed by atoms with Crippen LogP contribution in [-0.4, -0.2) is 29.5 Å². The number of aryl methyl sites for hydroxylation is 1. The van der Waals surface area contributed by atoms with Crippen molar-refractivity contribution in [2.24, 2.45) is 0 Å². The Hall–Kier alpha value is -3.19. The highest BCUT2D eigenvalue weighted by Gasteiger charge is 2.19. The predicted octanol–water partition coefficient (Wildman–Crippen LogP) is 3.77. The summed E-state index contributed by atoms with van der Waals surface area (Å²) in [6, 6.07) is 12.0. The molecule has 6 nitrogen and oxygen atoms in total. The van der Waals surface area contributed by atoms with Gasteiger partial charge < -0.3 is 0 Å². The average Bonchev–Trinajstić information content (AvgIpc) is 3.22. The first-order valence-corrected chi connectivity index (χ1v) is 8.64. The van der Waals surface area contributed by atoms with Gasteiger partial charge in [0.2, 0.25) is 4.96 Å². The van der Waals surface area contributed by atoms with Crippen LogP contribution in [0.1, 0.15) is 5.69 Å². The quantitative estimate of drug-likeness (QED) is 0.487. The molecule has 5 rings (SSSR count). The molecule has 0 fully saturated rings. The Balaban J connectivity index is 1.80. The Morgan fingerprint density at radius 3 is 2.96 bits per heavy atom. The lowest BCUT2D eigenvalue weighted by Crippen LogP contribution is -1.94. The lowest BCUT2D eigenvalue weighted by atomic mass is 10.1. The van der Waals surface area contributed by atoms with E-state index < -0.39 is 0 Å². The van der Waals surface area contributed by atoms with Crippen LogP contribution >= 0.6 is 11.3 Å². The SMILES string of the molecule is Cc1cccc(-c2c(-c3ccc4ncncc4c3)nc3scnn23)n1. The van der Waals surface area contributed by atoms with Crippen LogP contribution in [0.4, 0.5) is 0 Å². The molecule has 0 N–H and O–H groups in total. The first-order chi connectivity index (χ1) is 12.3. The van der Waals surface area contributed by atoms with Gasteiger partial charge in [-0.2, -0.15) is 5.10 Å². The molecule has 0 saturated carbocycles. The third-order valence-electron chi connectivity index (χ3n) is 4.05. The fourth-order valence-corrected chi connectivity index (χ4v) is 3.55. The summed E-state index contributed by atoms with van der Waals surface area (Å²) < 4.78 is 1.85. The monoisotopic (exact) mass is 344 g/mol. The van der Waals surface area contributed by atoms with Crippen molar-refractivity contribution < 1.29 is 0 Å². The highest BCUT2D eigenvalue weighted by molar-refractivity contribution is 7.14. The molecule has 0 aliphatic carbocycles. The number of benzene rings is 1. The zero-order chi connectivity index (χ0) is 16.8. The maximum atomic E-state index is 4.79. The van der Waals surface area contributed by atoms with E-state index >= 15 is 0 Å². The van der Waals surface area contributed by atoms with Gasteiger partial charge in [0, 0.05) is 22.8 Å². The molecule has 0 saturated heterocycles. The zero-order valence-electron chi connectivity index (χ0n) is 13.3. The number of aromatic nitrogens is 6. The molecule has 7 heteroatoms. The number of imidazole rings is 1. The number of rotatable bonds is 2. The van der Waals surface area contributed by atoms with Crippen LogP contribution in [0.25, 0.3) is 38.5 Å². The fourth-order valence-electron chi connectivity index (χ4n) is 2.93. The number of nitrogens with zero attached hydrogens (tertiary/aromatic N) is 6. The number of hydrogen-bond donors (Lipinski definition) is 0. The van der Waals surface area contributed by atoms with Gasteiger partial charge in [-0.1, -0.05) is 23.5 Å². The summed E-state index contributed by atoms with van der Waals surface area (Å²) in [5.41, 5.74) is 7.28. The predicted molar refractivity (Wildman–Crippen MR) is 97.4 cm³/mol. The van der Waals surface area contributed by atoms with E-state index in [4.69, 9.17) is 4.98 Å². The van der Waals surface area contributed by atoms with Gasteiger partial charge in [0.25, 0.3) is 0 Å². The molecule has 1 aromatic carbocycles. The third-order valence-corrected chi connectivity index (χ3v) is 4.73. The van der Waals surface area contributed by atoms with Gasteiger partial charge in [0.05, 0.1) is 11.2 Å². The summed E-state index contributed by atoms with van der Waals surface area (Å²) in [5, 5.41) is 5.42. The van der Waals surface area contributed by atoms with Gasteiger partial charge in [0.1, 0.15) is 23.2 Å². The molecule has 0 radical (unpaired) electrons. The molecule has 0 amide bonds. The molecule has 0 aliphatic heterocycles. The van der Waals surface area contributed by atoms with Gasteiger partial charge >= 0.3 is 0 Å². The summed E-state index contributed by atoms with van der Waals surface area (Å²) in [6.07, 6.45) is 3.37. The minimum absolute atomic E-state index is 0.845. The van der Waals surface area contributed by atoms with E-state index in [2.05, 4.69) is 26.1 Å². The molecule has 4 heterocycles. The molecular weight excluding hydrogens is 332 g/mol. The number of fused-ring (bicyclic) bond motifs is 2. The lowest BCUT2D eigenvalue weighted by molar-refractivity contribution is 0.972. The Morgan fingerprint density at radius 2 is 2.04 bits per heavy atom. The molecule has 5 aromatic rings. The maximum absolute atomic E-state index is 4.79. The highest BCUT2D eigenvalue weighted by atomic mass is 32.1. The largest absolute Gasteiger partial charge is 0.251 e. The number of hydrogen-bond acceptors (Lipinski definition) is 6. The molecular formula is C18H12N6S. The standard InChI is InChI=1S/C18H12N6S/c1-11-3-2-4-15(22-11)17-16(23-18-24(17)21-10-25-18)12-5-6-14-13(7-12)8-19-9-20-14/h2-10H,1H3. The molecule has 0 aliphatic rings. The summed E-state index contributed by atoms with van der Waals surface area (Å²) in [7, 11) is 0. The highest BCUT2D eigenvalue weighted by Crippen LogP contribution is 2.33. The molecule has 25 heavy (non-hydrogen) atoms. The van der Waals surface area contributed by atoms with Crippen LogP contribution in [0.15, 0.2) is 54.4 Å². The van der Waals surface area contributed by atoms with Gasteiger partial charge in [-0.25, -0.2) is 19.5 Å². The van der Waals surface area contributed by atoms with E-state index in [0.717, 1.165) is 44.2 Å². The van der Waals surface area contributed by atoms with Crippen LogP contribution in [0, 0.1) is 6.92 Å². The van der Waals surface area contributed by atoms with Crippen molar-refractivity contribution in [1.82, 2.24) is 29.5 Å². The molecule has 0 atom stereocenters. The molecule has 0 spiro atoms. The van der Waals surface area contributed by atoms with Crippen molar-refractivity contribution in [2.75, 3.05) is 0 Å². The van der Waals surface area contributed by atoms with E-state index in [1.54, 1.807) is 11.8 Å². The molecule has 0 unspecified atom stereocenters. The smallest absolute Gasteiger partial charge is 0.213 e. The van der Waals surface area contributed by atoms with E-state index in [0.29, 0.717) is 0 Å². The Morgan fingerprint density at radius 1 is 1.08 bits per heavy atom. The number of pyridine rings is 1. The third kappa shape index (κ3) is 2.28. The van der Waals surface area contributed by atoms with Crippen LogP contribution in [0.2, 0.25) is 0 Å². The summed E-state index contributed by atoms with van der Waals surface area (Å²) in [5.74, 6) is 0. The average molecular weight is 344 g/mol. The van der Waals surface area contributed by atoms with Crippen molar-refractivity contribution in [3.8, 4) is 22.6 Å². The van der Waals surface area contributed by atoms with E-state index in [1.165, 1.54) is 11.3 Å². The van der Waals surface area contributed by atoms with Crippen molar-refractivity contribution in [3.05, 3.63) is 60.1 Å². The molecule has 0 bridgehead atoms. The first-order valence-electron chi connectivity index (χ1n) is 7.76. The van der Waals surface area contributed by atoms with Gasteiger partial charge in [0.15, 0.2) is 0 Å². The lowest BCUT2D eigenvalue weighted by Gasteiger charge is -2.05. The topological polar surface area (TPSA) is 68.9 Å². The normalized spacial score (nSPS) is 11.4. The Kier molecular flexibility index (Phi) is 3.07. The van der Waals surface area contributed by atoms with Crippen LogP contribution in [-0.2, 0) is 0 Å². The molecule has 4 aromatic heterocycles. The summed E-state index contributed by atoms with van der Waals surface area (Å²) >= 11 is 1.51.